The number of nitrogens with two attached hydrogens (primary N) is 2. The molecule has 29 heavy (non-hydrogen) atoms. The molecule has 1 amide bonds. The molecule has 0 unspecified atom stereocenters. The number of carboxylic acids is 1. The quantitative estimate of drug-likeness (QED) is 0.495. The van der Waals surface area contributed by atoms with Crippen LogP contribution in [0, 0.1) is 4.77 Å². The zero-order chi connectivity index (χ0) is 22.2. The summed E-state index contributed by atoms with van der Waals surface area (Å²) in [4.78, 5) is 34.1. The Kier molecular flexibility index (Phi) is 8.54. The van der Waals surface area contributed by atoms with Gasteiger partial charge in [-0.05, 0) is 24.4 Å². The first-order valence-electron chi connectivity index (χ1n) is 7.82. The molecule has 1 heterocycles. The number of alkyl halides is 3. The minimum absolute atomic E-state index is 0.252. The lowest BCUT2D eigenvalue weighted by atomic mass is 10.1. The van der Waals surface area contributed by atoms with Gasteiger partial charge in [0, 0.05) is 24.7 Å². The number of carboxylic acid groups (broad SMARTS) is 1. The summed E-state index contributed by atoms with van der Waals surface area (Å²) >= 11 is 5.18. The smallest absolute Gasteiger partial charge is 0.483 e. The van der Waals surface area contributed by atoms with E-state index in [9.17, 15) is 22.8 Å². The summed E-state index contributed by atoms with van der Waals surface area (Å²) in [6, 6.07) is 8.43. The molecule has 0 fully saturated rings. The molecule has 1 aromatic heterocycles. The highest BCUT2D eigenvalue weighted by atomic mass is 32.1. The fourth-order valence-electron chi connectivity index (χ4n) is 2.05. The van der Waals surface area contributed by atoms with Crippen LogP contribution in [0.25, 0.3) is 11.3 Å². The van der Waals surface area contributed by atoms with Gasteiger partial charge in [-0.2, -0.15) is 13.2 Å². The van der Waals surface area contributed by atoms with E-state index in [1.54, 1.807) is 28.8 Å². The number of nitrogens with zero attached hydrogens (tertiary/aromatic N) is 1. The second-order valence-corrected chi connectivity index (χ2v) is 5.71. The van der Waals surface area contributed by atoms with Crippen molar-refractivity contribution < 1.29 is 32.6 Å². The third kappa shape index (κ3) is 7.38. The van der Waals surface area contributed by atoms with Crippen LogP contribution < -0.4 is 21.8 Å². The number of hydrogen-bond acceptors (Lipinski definition) is 6. The van der Waals surface area contributed by atoms with Crippen molar-refractivity contribution in [1.82, 2.24) is 9.55 Å². The number of carbonyl (C=O) groups excluding carboxylic acids is 1. The summed E-state index contributed by atoms with van der Waals surface area (Å²) in [5.41, 5.74) is 11.6. The second-order valence-electron chi connectivity index (χ2n) is 5.32. The largest absolute Gasteiger partial charge is 0.490 e. The predicted molar refractivity (Wildman–Crippen MR) is 98.8 cm³/mol. The summed E-state index contributed by atoms with van der Waals surface area (Å²) in [6.45, 7) is 0.546. The molecule has 0 spiro atoms. The average molecular weight is 434 g/mol. The number of amides is 1. The molecule has 6 N–H and O–H groups in total. The zero-order valence-electron chi connectivity index (χ0n) is 14.7. The van der Waals surface area contributed by atoms with Crippen molar-refractivity contribution in [2.45, 2.75) is 12.7 Å². The number of nitrogens with one attached hydrogen (secondary N) is 1. The molecular formula is C16H17F3N4O5S. The normalized spacial score (nSPS) is 10.6. The van der Waals surface area contributed by atoms with Crippen molar-refractivity contribution in [3.63, 3.8) is 0 Å². The van der Waals surface area contributed by atoms with Gasteiger partial charge < -0.3 is 25.9 Å². The van der Waals surface area contributed by atoms with E-state index < -0.39 is 18.1 Å². The van der Waals surface area contributed by atoms with Gasteiger partial charge in [0.2, 0.25) is 0 Å². The SMILES string of the molecule is NCCn1c(-c2ccccc2OCC(N)=O)cc(=O)[nH]c1=S.O=C(O)C(F)(F)F. The van der Waals surface area contributed by atoms with Crippen LogP contribution in [0.3, 0.4) is 0 Å². The third-order valence-electron chi connectivity index (χ3n) is 3.16. The topological polar surface area (TPSA) is 153 Å². The number of aromatic amines is 1. The Morgan fingerprint density at radius 1 is 1.28 bits per heavy atom. The number of benzene rings is 1. The van der Waals surface area contributed by atoms with E-state index in [2.05, 4.69) is 4.98 Å². The molecule has 2 aromatic rings. The van der Waals surface area contributed by atoms with Crippen LogP contribution in [0.5, 0.6) is 5.75 Å². The van der Waals surface area contributed by atoms with Gasteiger partial charge in [0.25, 0.3) is 11.5 Å². The molecule has 0 aliphatic heterocycles. The molecule has 13 heteroatoms. The van der Waals surface area contributed by atoms with Crippen molar-refractivity contribution >= 4 is 24.1 Å². The van der Waals surface area contributed by atoms with Crippen molar-refractivity contribution in [3.8, 4) is 17.0 Å². The van der Waals surface area contributed by atoms with E-state index in [1.807, 2.05) is 0 Å². The lowest BCUT2D eigenvalue weighted by molar-refractivity contribution is -0.192. The van der Waals surface area contributed by atoms with Crippen molar-refractivity contribution in [1.29, 1.82) is 0 Å². The fraction of sp³-hybridized carbons (Fsp3) is 0.250. The minimum Gasteiger partial charge on any atom is -0.483 e. The first-order valence-corrected chi connectivity index (χ1v) is 8.23. The highest BCUT2D eigenvalue weighted by molar-refractivity contribution is 7.71. The van der Waals surface area contributed by atoms with Crippen molar-refractivity contribution in [3.05, 3.63) is 45.5 Å². The molecule has 0 aliphatic carbocycles. The molecule has 0 bridgehead atoms. The number of aromatic nitrogens is 2. The van der Waals surface area contributed by atoms with Crippen LogP contribution >= 0.6 is 12.2 Å². The molecule has 9 nitrogen and oxygen atoms in total. The van der Waals surface area contributed by atoms with Gasteiger partial charge >= 0.3 is 12.1 Å². The molecule has 0 saturated heterocycles. The Hall–Kier alpha value is -3.19. The summed E-state index contributed by atoms with van der Waals surface area (Å²) in [7, 11) is 0. The standard InChI is InChI=1S/C14H16N4O3S.C2HF3O2/c15-5-6-18-10(7-13(20)17-14(18)22)9-3-1-2-4-11(9)21-8-12(16)19;3-2(4,5)1(6)7/h1-4,7H,5-6,8,15H2,(H2,16,19)(H,17,20,22);(H,6,7). The number of carbonyl (C=O) groups is 2. The number of rotatable bonds is 6. The van der Waals surface area contributed by atoms with Gasteiger partial charge in [0.1, 0.15) is 5.75 Å². The van der Waals surface area contributed by atoms with Crippen LogP contribution in [-0.4, -0.2) is 45.9 Å². The predicted octanol–water partition coefficient (Wildman–Crippen LogP) is 1.03. The van der Waals surface area contributed by atoms with Gasteiger partial charge in [-0.25, -0.2) is 4.79 Å². The molecule has 0 radical (unpaired) electrons. The zero-order valence-corrected chi connectivity index (χ0v) is 15.5. The van der Waals surface area contributed by atoms with Gasteiger partial charge in [0.05, 0.1) is 5.69 Å². The van der Waals surface area contributed by atoms with Gasteiger partial charge in [-0.15, -0.1) is 0 Å². The van der Waals surface area contributed by atoms with Crippen molar-refractivity contribution in [2.24, 2.45) is 11.5 Å². The highest BCUT2D eigenvalue weighted by Gasteiger charge is 2.38. The minimum atomic E-state index is -5.08. The molecule has 158 valence electrons. The number of hydrogen-bond donors (Lipinski definition) is 4. The lowest BCUT2D eigenvalue weighted by Crippen LogP contribution is -2.21. The highest BCUT2D eigenvalue weighted by Crippen LogP contribution is 2.29. The summed E-state index contributed by atoms with van der Waals surface area (Å²) < 4.78 is 39.1. The summed E-state index contributed by atoms with van der Waals surface area (Å²) in [5.74, 6) is -2.90. The number of para-hydroxylation sites is 1. The first kappa shape index (κ1) is 23.8. The van der Waals surface area contributed by atoms with Crippen LogP contribution in [0.4, 0.5) is 13.2 Å². The molecule has 1 aromatic carbocycles. The Labute approximate surface area is 166 Å². The third-order valence-corrected chi connectivity index (χ3v) is 3.48. The number of aliphatic carboxylic acids is 1. The van der Waals surface area contributed by atoms with Gasteiger partial charge in [0.15, 0.2) is 11.4 Å². The number of H-pyrrole nitrogens is 1. The van der Waals surface area contributed by atoms with Crippen LogP contribution in [0.15, 0.2) is 35.1 Å². The summed E-state index contributed by atoms with van der Waals surface area (Å²) in [6.07, 6.45) is -5.08. The fourth-order valence-corrected chi connectivity index (χ4v) is 2.34. The van der Waals surface area contributed by atoms with Crippen molar-refractivity contribution in [2.75, 3.05) is 13.2 Å². The summed E-state index contributed by atoms with van der Waals surface area (Å²) in [5, 5.41) is 7.12. The Bertz CT molecular complexity index is 987. The first-order chi connectivity index (χ1) is 13.5. The maximum Gasteiger partial charge on any atom is 0.490 e. The van der Waals surface area contributed by atoms with Crippen LogP contribution in [-0.2, 0) is 16.1 Å². The molecule has 2 rings (SSSR count). The Morgan fingerprint density at radius 3 is 2.38 bits per heavy atom. The van der Waals surface area contributed by atoms with E-state index in [-0.39, 0.29) is 16.9 Å². The molecule has 0 aliphatic rings. The van der Waals surface area contributed by atoms with E-state index in [1.165, 1.54) is 6.07 Å². The molecule has 0 atom stereocenters. The van der Waals surface area contributed by atoms with Gasteiger partial charge in [-0.3, -0.25) is 14.6 Å². The van der Waals surface area contributed by atoms with Gasteiger partial charge in [-0.1, -0.05) is 12.1 Å². The Morgan fingerprint density at radius 2 is 1.86 bits per heavy atom. The number of halogens is 3. The van der Waals surface area contributed by atoms with E-state index >= 15 is 0 Å². The van der Waals surface area contributed by atoms with E-state index in [0.717, 1.165) is 0 Å². The molecule has 0 saturated carbocycles. The van der Waals surface area contributed by atoms with Crippen LogP contribution in [0.2, 0.25) is 0 Å². The van der Waals surface area contributed by atoms with E-state index in [4.69, 9.17) is 38.3 Å². The maximum atomic E-state index is 11.7. The average Bonchev–Trinajstić information content (AvgIpc) is 2.62. The number of ether oxygens (including phenoxy) is 1. The van der Waals surface area contributed by atoms with Crippen LogP contribution in [0.1, 0.15) is 0 Å². The Balaban J connectivity index is 0.000000516. The number of primary amides is 1. The second kappa shape index (κ2) is 10.4. The maximum absolute atomic E-state index is 11.7. The lowest BCUT2D eigenvalue weighted by Gasteiger charge is -2.15. The van der Waals surface area contributed by atoms with E-state index in [0.29, 0.717) is 30.1 Å². The monoisotopic (exact) mass is 434 g/mol. The molecular weight excluding hydrogens is 417 g/mol.